The fourth-order valence-corrected chi connectivity index (χ4v) is 3.62. The lowest BCUT2D eigenvalue weighted by atomic mass is 10.0. The fraction of sp³-hybridized carbons (Fsp3) is 0.250. The average molecular weight is 366 g/mol. The van der Waals surface area contributed by atoms with Crippen LogP contribution in [0.4, 0.5) is 10.2 Å². The second kappa shape index (κ2) is 6.50. The number of H-pyrrole nitrogens is 1. The zero-order valence-electron chi connectivity index (χ0n) is 15.0. The van der Waals surface area contributed by atoms with Gasteiger partial charge in [0.2, 0.25) is 5.91 Å². The molecule has 1 atom stereocenters. The van der Waals surface area contributed by atoms with Crippen LogP contribution >= 0.6 is 0 Å². The highest BCUT2D eigenvalue weighted by Gasteiger charge is 2.38. The fourth-order valence-electron chi connectivity index (χ4n) is 3.62. The Kier molecular flexibility index (Phi) is 4.14. The Bertz CT molecular complexity index is 1040. The van der Waals surface area contributed by atoms with Gasteiger partial charge in [0.1, 0.15) is 11.9 Å². The Hall–Kier alpha value is -3.22. The number of benzene rings is 2. The van der Waals surface area contributed by atoms with E-state index in [1.165, 1.54) is 6.07 Å². The number of carbonyl (C=O) groups excluding carboxylic acids is 2. The van der Waals surface area contributed by atoms with Crippen LogP contribution in [0.15, 0.2) is 42.5 Å². The molecule has 2 amide bonds. The molecule has 0 aliphatic carbocycles. The van der Waals surface area contributed by atoms with E-state index in [9.17, 15) is 14.0 Å². The van der Waals surface area contributed by atoms with Crippen molar-refractivity contribution in [3.05, 3.63) is 59.4 Å². The molecule has 27 heavy (non-hydrogen) atoms. The molecule has 2 N–H and O–H groups in total. The predicted molar refractivity (Wildman–Crippen MR) is 99.6 cm³/mol. The number of rotatable bonds is 4. The van der Waals surface area contributed by atoms with Gasteiger partial charge in [-0.25, -0.2) is 4.39 Å². The van der Waals surface area contributed by atoms with Crippen LogP contribution in [-0.4, -0.2) is 33.0 Å². The first-order chi connectivity index (χ1) is 13.0. The topological polar surface area (TPSA) is 78.1 Å². The van der Waals surface area contributed by atoms with Gasteiger partial charge in [0.15, 0.2) is 5.82 Å². The van der Waals surface area contributed by atoms with E-state index >= 15 is 0 Å². The van der Waals surface area contributed by atoms with E-state index in [-0.39, 0.29) is 28.9 Å². The van der Waals surface area contributed by atoms with Crippen molar-refractivity contribution in [3.8, 4) is 0 Å². The SMILES string of the molecule is CC(C)C(C(=O)Nc1n[nH]c2cccc(F)c12)N1Cc2ccccc2C1=O. The standard InChI is InChI=1S/C20H19FN4O2/c1-11(2)17(25-10-12-6-3-4-7-13(12)20(25)27)19(26)22-18-16-14(21)8-5-9-15(16)23-24-18/h3-9,11,17H,10H2,1-2H3,(H2,22,23,24,26). The summed E-state index contributed by atoms with van der Waals surface area (Å²) in [7, 11) is 0. The van der Waals surface area contributed by atoms with Crippen molar-refractivity contribution >= 4 is 28.5 Å². The highest BCUT2D eigenvalue weighted by Crippen LogP contribution is 2.29. The molecule has 1 aliphatic heterocycles. The first-order valence-corrected chi connectivity index (χ1v) is 8.79. The Morgan fingerprint density at radius 1 is 1.22 bits per heavy atom. The summed E-state index contributed by atoms with van der Waals surface area (Å²) >= 11 is 0. The third-order valence-corrected chi connectivity index (χ3v) is 4.87. The number of anilines is 1. The molecule has 2 aromatic carbocycles. The van der Waals surface area contributed by atoms with Crippen LogP contribution in [0, 0.1) is 11.7 Å². The van der Waals surface area contributed by atoms with E-state index in [4.69, 9.17) is 0 Å². The lowest BCUT2D eigenvalue weighted by Gasteiger charge is -2.29. The van der Waals surface area contributed by atoms with Crippen molar-refractivity contribution in [2.24, 2.45) is 5.92 Å². The van der Waals surface area contributed by atoms with E-state index in [1.807, 2.05) is 32.0 Å². The highest BCUT2D eigenvalue weighted by molar-refractivity contribution is 6.06. The summed E-state index contributed by atoms with van der Waals surface area (Å²) in [6.07, 6.45) is 0. The number of nitrogens with one attached hydrogen (secondary N) is 2. The summed E-state index contributed by atoms with van der Waals surface area (Å²) in [5.74, 6) is -1.02. The van der Waals surface area contributed by atoms with E-state index < -0.39 is 11.9 Å². The van der Waals surface area contributed by atoms with Crippen LogP contribution in [0.5, 0.6) is 0 Å². The number of amides is 2. The van der Waals surface area contributed by atoms with E-state index in [1.54, 1.807) is 23.1 Å². The first-order valence-electron chi connectivity index (χ1n) is 8.79. The number of fused-ring (bicyclic) bond motifs is 2. The van der Waals surface area contributed by atoms with Gasteiger partial charge in [-0.1, -0.05) is 38.1 Å². The van der Waals surface area contributed by atoms with Crippen molar-refractivity contribution in [3.63, 3.8) is 0 Å². The number of carbonyl (C=O) groups is 2. The zero-order valence-corrected chi connectivity index (χ0v) is 15.0. The van der Waals surface area contributed by atoms with Crippen LogP contribution in [-0.2, 0) is 11.3 Å². The number of hydrogen-bond donors (Lipinski definition) is 2. The van der Waals surface area contributed by atoms with Crippen LogP contribution in [0.1, 0.15) is 29.8 Å². The third kappa shape index (κ3) is 2.85. The van der Waals surface area contributed by atoms with Crippen LogP contribution in [0.25, 0.3) is 10.9 Å². The minimum absolute atomic E-state index is 0.127. The van der Waals surface area contributed by atoms with Gasteiger partial charge in [0.25, 0.3) is 5.91 Å². The summed E-state index contributed by atoms with van der Waals surface area (Å²) in [6, 6.07) is 11.2. The lowest BCUT2D eigenvalue weighted by molar-refractivity contribution is -0.122. The predicted octanol–water partition coefficient (Wildman–Crippen LogP) is 3.32. The molecule has 1 unspecified atom stereocenters. The molecule has 3 aromatic rings. The minimum atomic E-state index is -0.691. The number of halogens is 1. The van der Waals surface area contributed by atoms with Gasteiger partial charge in [-0.2, -0.15) is 5.10 Å². The first kappa shape index (κ1) is 17.2. The van der Waals surface area contributed by atoms with Gasteiger partial charge >= 0.3 is 0 Å². The number of hydrogen-bond acceptors (Lipinski definition) is 3. The van der Waals surface area contributed by atoms with Crippen LogP contribution < -0.4 is 5.32 Å². The Balaban J connectivity index is 1.63. The molecule has 0 saturated heterocycles. The summed E-state index contributed by atoms with van der Waals surface area (Å²) < 4.78 is 14.2. The lowest BCUT2D eigenvalue weighted by Crippen LogP contribution is -2.47. The molecule has 0 bridgehead atoms. The van der Waals surface area contributed by atoms with Crippen molar-refractivity contribution in [2.45, 2.75) is 26.4 Å². The monoisotopic (exact) mass is 366 g/mol. The van der Waals surface area contributed by atoms with Crippen LogP contribution in [0.2, 0.25) is 0 Å². The summed E-state index contributed by atoms with van der Waals surface area (Å²) in [6.45, 7) is 4.13. The van der Waals surface area contributed by atoms with Crippen molar-refractivity contribution in [2.75, 3.05) is 5.32 Å². The molecular formula is C20H19FN4O2. The molecule has 1 aliphatic rings. The van der Waals surface area contributed by atoms with Gasteiger partial charge in [-0.3, -0.25) is 14.7 Å². The molecule has 6 nitrogen and oxygen atoms in total. The van der Waals surface area contributed by atoms with Gasteiger partial charge < -0.3 is 10.2 Å². The van der Waals surface area contributed by atoms with Crippen LogP contribution in [0.3, 0.4) is 0 Å². The Labute approximate surface area is 155 Å². The zero-order chi connectivity index (χ0) is 19.1. The van der Waals surface area contributed by atoms with E-state index in [2.05, 4.69) is 15.5 Å². The number of aromatic amines is 1. The van der Waals surface area contributed by atoms with Gasteiger partial charge in [-0.15, -0.1) is 0 Å². The quantitative estimate of drug-likeness (QED) is 0.743. The van der Waals surface area contributed by atoms with Crippen molar-refractivity contribution in [1.82, 2.24) is 15.1 Å². The molecule has 2 heterocycles. The summed E-state index contributed by atoms with van der Waals surface area (Å²) in [5.41, 5.74) is 2.01. The Morgan fingerprint density at radius 2 is 2.00 bits per heavy atom. The molecule has 0 radical (unpaired) electrons. The van der Waals surface area contributed by atoms with E-state index in [0.717, 1.165) is 5.56 Å². The molecule has 0 fully saturated rings. The maximum Gasteiger partial charge on any atom is 0.255 e. The largest absolute Gasteiger partial charge is 0.322 e. The average Bonchev–Trinajstić information content (AvgIpc) is 3.18. The molecule has 7 heteroatoms. The molecule has 4 rings (SSSR count). The number of aromatic nitrogens is 2. The van der Waals surface area contributed by atoms with Gasteiger partial charge in [-0.05, 0) is 29.7 Å². The van der Waals surface area contributed by atoms with Gasteiger partial charge in [0, 0.05) is 12.1 Å². The second-order valence-electron chi connectivity index (χ2n) is 7.00. The summed E-state index contributed by atoms with van der Waals surface area (Å²) in [4.78, 5) is 27.4. The maximum atomic E-state index is 14.2. The Morgan fingerprint density at radius 3 is 2.74 bits per heavy atom. The smallest absolute Gasteiger partial charge is 0.255 e. The molecule has 0 saturated carbocycles. The molecule has 138 valence electrons. The minimum Gasteiger partial charge on any atom is -0.322 e. The van der Waals surface area contributed by atoms with Crippen molar-refractivity contribution < 1.29 is 14.0 Å². The third-order valence-electron chi connectivity index (χ3n) is 4.87. The number of nitrogens with zero attached hydrogens (tertiary/aromatic N) is 2. The normalized spacial score (nSPS) is 14.7. The second-order valence-corrected chi connectivity index (χ2v) is 7.00. The highest BCUT2D eigenvalue weighted by atomic mass is 19.1. The molecule has 1 aromatic heterocycles. The maximum absolute atomic E-state index is 14.2. The summed E-state index contributed by atoms with van der Waals surface area (Å²) in [5, 5.41) is 9.65. The molecular weight excluding hydrogens is 347 g/mol. The molecule has 0 spiro atoms. The van der Waals surface area contributed by atoms with Gasteiger partial charge in [0.05, 0.1) is 10.9 Å². The van der Waals surface area contributed by atoms with Crippen molar-refractivity contribution in [1.29, 1.82) is 0 Å². The van der Waals surface area contributed by atoms with E-state index in [0.29, 0.717) is 17.6 Å².